The van der Waals surface area contributed by atoms with Crippen molar-refractivity contribution in [3.8, 4) is 0 Å². The Morgan fingerprint density at radius 3 is 2.54 bits per heavy atom. The van der Waals surface area contributed by atoms with Crippen molar-refractivity contribution in [1.29, 1.82) is 0 Å². The maximum atomic E-state index is 13.2. The second-order valence-corrected chi connectivity index (χ2v) is 11.8. The molecule has 1 N–H and O–H groups in total. The van der Waals surface area contributed by atoms with Gasteiger partial charge in [0.2, 0.25) is 5.91 Å². The van der Waals surface area contributed by atoms with Gasteiger partial charge in [-0.2, -0.15) is 10.2 Å². The summed E-state index contributed by atoms with van der Waals surface area (Å²) in [6, 6.07) is 8.09. The number of amides is 1. The highest BCUT2D eigenvalue weighted by atomic mass is 79.9. The van der Waals surface area contributed by atoms with E-state index in [9.17, 15) is 14.9 Å². The van der Waals surface area contributed by atoms with E-state index in [1.165, 1.54) is 12.6 Å². The Bertz CT molecular complexity index is 1270. The first kappa shape index (κ1) is 22.5. The number of hydrogen-bond acceptors (Lipinski definition) is 5. The number of anilines is 1. The topological polar surface area (TPSA) is 108 Å². The molecule has 0 radical (unpaired) electrons. The van der Waals surface area contributed by atoms with Crippen LogP contribution in [0.2, 0.25) is 0 Å². The lowest BCUT2D eigenvalue weighted by molar-refractivity contribution is -0.385. The van der Waals surface area contributed by atoms with Gasteiger partial charge in [0.25, 0.3) is 0 Å². The molecule has 0 aliphatic heterocycles. The zero-order valence-corrected chi connectivity index (χ0v) is 20.9. The molecule has 1 aromatic carbocycles. The van der Waals surface area contributed by atoms with E-state index in [1.54, 1.807) is 12.4 Å². The van der Waals surface area contributed by atoms with E-state index in [0.717, 1.165) is 42.1 Å². The largest absolute Gasteiger partial charge is 0.323 e. The molecular formula is C25H27BrN6O3. The van der Waals surface area contributed by atoms with Crippen molar-refractivity contribution in [3.63, 3.8) is 0 Å². The minimum absolute atomic E-state index is 0.0109. The van der Waals surface area contributed by atoms with Crippen LogP contribution in [-0.4, -0.2) is 30.4 Å². The van der Waals surface area contributed by atoms with Crippen LogP contribution in [0.4, 0.5) is 11.4 Å². The van der Waals surface area contributed by atoms with Crippen molar-refractivity contribution in [2.24, 2.45) is 17.3 Å². The van der Waals surface area contributed by atoms with Gasteiger partial charge >= 0.3 is 5.69 Å². The number of halogens is 1. The van der Waals surface area contributed by atoms with Crippen LogP contribution in [0.25, 0.3) is 0 Å². The lowest BCUT2D eigenvalue weighted by Crippen LogP contribution is -2.57. The third-order valence-corrected chi connectivity index (χ3v) is 8.66. The van der Waals surface area contributed by atoms with E-state index in [-0.39, 0.29) is 27.5 Å². The maximum absolute atomic E-state index is 13.2. The van der Waals surface area contributed by atoms with Crippen molar-refractivity contribution < 1.29 is 9.72 Å². The summed E-state index contributed by atoms with van der Waals surface area (Å²) in [5.41, 5.74) is 1.57. The van der Waals surface area contributed by atoms with Gasteiger partial charge in [-0.25, -0.2) is 0 Å². The lowest BCUT2D eigenvalue weighted by atomic mass is 9.46. The van der Waals surface area contributed by atoms with Crippen molar-refractivity contribution >= 4 is 33.2 Å². The molecule has 35 heavy (non-hydrogen) atoms. The predicted octanol–water partition coefficient (Wildman–Crippen LogP) is 5.12. The average molecular weight is 539 g/mol. The molecule has 2 unspecified atom stereocenters. The normalized spacial score (nSPS) is 28.8. The zero-order valence-electron chi connectivity index (χ0n) is 19.3. The van der Waals surface area contributed by atoms with Gasteiger partial charge in [0.1, 0.15) is 12.4 Å². The first-order valence-corrected chi connectivity index (χ1v) is 12.9. The fourth-order valence-electron chi connectivity index (χ4n) is 7.38. The Balaban J connectivity index is 1.15. The molecule has 2 heterocycles. The Hall–Kier alpha value is -3.01. The SMILES string of the molecule is O=C(CC12CC3CC(C1)CC(n1cc([N+](=O)[O-])cn1)(C3)C2)Nc1cnn(Cc2ccc(Br)cc2)c1. The summed E-state index contributed by atoms with van der Waals surface area (Å²) in [7, 11) is 0. The molecule has 4 fully saturated rings. The Kier molecular flexibility index (Phi) is 5.32. The molecule has 1 amide bonds. The number of hydrogen-bond donors (Lipinski definition) is 1. The van der Waals surface area contributed by atoms with Gasteiger partial charge < -0.3 is 5.32 Å². The molecule has 0 saturated heterocycles. The molecule has 9 nitrogen and oxygen atoms in total. The third-order valence-electron chi connectivity index (χ3n) is 8.13. The standard InChI is InChI=1S/C25H27BrN6O3/c26-20-3-1-17(2-4-20)13-30-14-21(11-27-30)29-23(33)10-24-6-18-5-19(7-24)9-25(8-18,16-24)31-15-22(12-28-31)32(34)35/h1-4,11-12,14-15,18-19H,5-10,13,16H2,(H,29,33). The monoisotopic (exact) mass is 538 g/mol. The van der Waals surface area contributed by atoms with E-state index >= 15 is 0 Å². The predicted molar refractivity (Wildman–Crippen MR) is 133 cm³/mol. The summed E-state index contributed by atoms with van der Waals surface area (Å²) >= 11 is 3.45. The van der Waals surface area contributed by atoms with Crippen molar-refractivity contribution in [1.82, 2.24) is 19.6 Å². The highest BCUT2D eigenvalue weighted by Gasteiger charge is 2.59. The van der Waals surface area contributed by atoms with Gasteiger partial charge in [0.05, 0.1) is 28.9 Å². The summed E-state index contributed by atoms with van der Waals surface area (Å²) in [5, 5.41) is 23.1. The molecule has 4 saturated carbocycles. The lowest BCUT2D eigenvalue weighted by Gasteiger charge is -2.61. The Morgan fingerprint density at radius 2 is 1.86 bits per heavy atom. The number of benzene rings is 1. The van der Waals surface area contributed by atoms with Crippen LogP contribution in [0.3, 0.4) is 0 Å². The zero-order chi connectivity index (χ0) is 24.2. The molecule has 182 valence electrons. The van der Waals surface area contributed by atoms with Crippen LogP contribution in [0, 0.1) is 27.4 Å². The fraction of sp³-hybridized carbons (Fsp3) is 0.480. The second kappa shape index (κ2) is 8.29. The number of aromatic nitrogens is 4. The van der Waals surface area contributed by atoms with Gasteiger partial charge in [-0.1, -0.05) is 28.1 Å². The van der Waals surface area contributed by atoms with E-state index < -0.39 is 0 Å². The van der Waals surface area contributed by atoms with Gasteiger partial charge in [-0.3, -0.25) is 24.3 Å². The molecule has 4 aliphatic rings. The minimum Gasteiger partial charge on any atom is -0.323 e. The minimum atomic E-state index is -0.385. The second-order valence-electron chi connectivity index (χ2n) is 10.9. The van der Waals surface area contributed by atoms with Crippen LogP contribution < -0.4 is 5.32 Å². The fourth-order valence-corrected chi connectivity index (χ4v) is 7.65. The van der Waals surface area contributed by atoms with Gasteiger partial charge in [-0.05, 0) is 73.5 Å². The van der Waals surface area contributed by atoms with Crippen LogP contribution in [-0.2, 0) is 16.9 Å². The number of nitrogens with one attached hydrogen (secondary N) is 1. The molecule has 4 aliphatic carbocycles. The first-order valence-electron chi connectivity index (χ1n) is 12.1. The van der Waals surface area contributed by atoms with Crippen LogP contribution in [0.15, 0.2) is 53.5 Å². The number of carbonyl (C=O) groups excluding carboxylic acids is 1. The molecule has 2 aromatic heterocycles. The van der Waals surface area contributed by atoms with E-state index in [0.29, 0.717) is 30.5 Å². The average Bonchev–Trinajstić information content (AvgIpc) is 3.44. The summed E-state index contributed by atoms with van der Waals surface area (Å²) < 4.78 is 4.71. The maximum Gasteiger partial charge on any atom is 0.307 e. The number of nitrogens with zero attached hydrogens (tertiary/aromatic N) is 5. The Labute approximate surface area is 211 Å². The highest BCUT2D eigenvalue weighted by Crippen LogP contribution is 2.65. The number of nitro groups is 1. The van der Waals surface area contributed by atoms with Crippen LogP contribution in [0.1, 0.15) is 50.5 Å². The quantitative estimate of drug-likeness (QED) is 0.331. The summed E-state index contributed by atoms with van der Waals surface area (Å²) in [6.07, 6.45) is 13.1. The number of rotatable bonds is 7. The molecule has 0 spiro atoms. The van der Waals surface area contributed by atoms with Crippen molar-refractivity contribution in [3.05, 3.63) is 69.2 Å². The summed E-state index contributed by atoms with van der Waals surface area (Å²) in [6.45, 7) is 0.634. The van der Waals surface area contributed by atoms with Crippen LogP contribution in [0.5, 0.6) is 0 Å². The Morgan fingerprint density at radius 1 is 1.11 bits per heavy atom. The summed E-state index contributed by atoms with van der Waals surface area (Å²) in [5.74, 6) is 1.10. The van der Waals surface area contributed by atoms with Crippen molar-refractivity contribution in [2.75, 3.05) is 5.32 Å². The van der Waals surface area contributed by atoms with Crippen LogP contribution >= 0.6 is 15.9 Å². The molecule has 2 atom stereocenters. The van der Waals surface area contributed by atoms with Gasteiger partial charge in [0.15, 0.2) is 0 Å². The molecular weight excluding hydrogens is 512 g/mol. The molecule has 7 rings (SSSR count). The van der Waals surface area contributed by atoms with Gasteiger partial charge in [0, 0.05) is 17.1 Å². The third kappa shape index (κ3) is 4.28. The summed E-state index contributed by atoms with van der Waals surface area (Å²) in [4.78, 5) is 24.0. The van der Waals surface area contributed by atoms with Gasteiger partial charge in [-0.15, -0.1) is 0 Å². The number of carbonyl (C=O) groups is 1. The molecule has 3 aromatic rings. The molecule has 10 heteroatoms. The highest BCUT2D eigenvalue weighted by molar-refractivity contribution is 9.10. The smallest absolute Gasteiger partial charge is 0.307 e. The van der Waals surface area contributed by atoms with E-state index in [2.05, 4.69) is 31.4 Å². The van der Waals surface area contributed by atoms with Crippen molar-refractivity contribution in [2.45, 2.75) is 57.0 Å². The van der Waals surface area contributed by atoms with E-state index in [1.807, 2.05) is 39.8 Å². The van der Waals surface area contributed by atoms with E-state index in [4.69, 9.17) is 0 Å². The molecule has 4 bridgehead atoms. The first-order chi connectivity index (χ1) is 16.8.